The van der Waals surface area contributed by atoms with E-state index in [1.807, 2.05) is 19.1 Å². The predicted octanol–water partition coefficient (Wildman–Crippen LogP) is 3.69. The molecule has 146 valence electrons. The van der Waals surface area contributed by atoms with Crippen LogP contribution in [-0.4, -0.2) is 21.8 Å². The highest BCUT2D eigenvalue weighted by Crippen LogP contribution is 2.28. The van der Waals surface area contributed by atoms with Gasteiger partial charge in [-0.2, -0.15) is 10.2 Å². The van der Waals surface area contributed by atoms with Crippen molar-refractivity contribution in [3.8, 4) is 0 Å². The summed E-state index contributed by atoms with van der Waals surface area (Å²) in [4.78, 5) is 24.5. The summed E-state index contributed by atoms with van der Waals surface area (Å²) in [7, 11) is 0. The van der Waals surface area contributed by atoms with E-state index in [4.69, 9.17) is 4.42 Å². The summed E-state index contributed by atoms with van der Waals surface area (Å²) in [6, 6.07) is 12.8. The van der Waals surface area contributed by atoms with Crippen molar-refractivity contribution in [3.63, 3.8) is 0 Å². The van der Waals surface area contributed by atoms with Crippen molar-refractivity contribution < 1.29 is 9.21 Å². The number of carbonyl (C=O) groups is 1. The lowest BCUT2D eigenvalue weighted by Crippen LogP contribution is -2.23. The zero-order valence-electron chi connectivity index (χ0n) is 16.4. The minimum atomic E-state index is -0.512. The molecule has 2 N–H and O–H groups in total. The average molecular weight is 388 g/mol. The van der Waals surface area contributed by atoms with E-state index in [9.17, 15) is 9.59 Å². The van der Waals surface area contributed by atoms with Crippen LogP contribution in [0, 0.1) is 6.92 Å². The molecule has 0 unspecified atom stereocenters. The number of nitrogens with zero attached hydrogens (tertiary/aromatic N) is 2. The molecule has 7 nitrogen and oxygen atoms in total. The zero-order valence-corrected chi connectivity index (χ0v) is 16.4. The highest BCUT2D eigenvalue weighted by Gasteiger charge is 2.17. The third-order valence-corrected chi connectivity index (χ3v) is 4.86. The Kier molecular flexibility index (Phi) is 4.72. The maximum atomic E-state index is 12.6. The molecule has 4 rings (SSSR count). The summed E-state index contributed by atoms with van der Waals surface area (Å²) in [6.07, 6.45) is 0.776. The van der Waals surface area contributed by atoms with Crippen LogP contribution in [0.25, 0.3) is 21.7 Å². The molecule has 0 spiro atoms. The number of hydrogen-bond donors (Lipinski definition) is 2. The molecule has 29 heavy (non-hydrogen) atoms. The summed E-state index contributed by atoms with van der Waals surface area (Å²) in [5.41, 5.74) is 5.82. The van der Waals surface area contributed by atoms with Crippen LogP contribution < -0.4 is 11.0 Å². The fourth-order valence-electron chi connectivity index (χ4n) is 3.43. The van der Waals surface area contributed by atoms with Gasteiger partial charge >= 0.3 is 0 Å². The maximum Gasteiger partial charge on any atom is 0.292 e. The van der Waals surface area contributed by atoms with Gasteiger partial charge in [0.1, 0.15) is 11.3 Å². The van der Waals surface area contributed by atoms with Gasteiger partial charge < -0.3 is 4.42 Å². The van der Waals surface area contributed by atoms with Crippen molar-refractivity contribution in [2.75, 3.05) is 0 Å². The van der Waals surface area contributed by atoms with Crippen LogP contribution in [0.1, 0.15) is 41.2 Å². The molecule has 2 aromatic carbocycles. The molecular weight excluding hydrogens is 368 g/mol. The van der Waals surface area contributed by atoms with E-state index < -0.39 is 5.91 Å². The first-order valence-electron chi connectivity index (χ1n) is 9.34. The van der Waals surface area contributed by atoms with Crippen LogP contribution in [0.5, 0.6) is 0 Å². The summed E-state index contributed by atoms with van der Waals surface area (Å²) in [5, 5.41) is 12.4. The minimum Gasteiger partial charge on any atom is -0.454 e. The molecule has 4 aromatic rings. The molecule has 0 atom stereocenters. The largest absolute Gasteiger partial charge is 0.454 e. The third kappa shape index (κ3) is 3.31. The summed E-state index contributed by atoms with van der Waals surface area (Å²) < 4.78 is 5.99. The number of aromatic amines is 1. The third-order valence-electron chi connectivity index (χ3n) is 4.86. The van der Waals surface area contributed by atoms with Gasteiger partial charge in [0.25, 0.3) is 11.5 Å². The number of rotatable bonds is 4. The van der Waals surface area contributed by atoms with E-state index >= 15 is 0 Å². The highest BCUT2D eigenvalue weighted by atomic mass is 16.3. The molecule has 0 fully saturated rings. The molecule has 1 amide bonds. The van der Waals surface area contributed by atoms with Gasteiger partial charge in [0.2, 0.25) is 0 Å². The Morgan fingerprint density at radius 1 is 1.17 bits per heavy atom. The van der Waals surface area contributed by atoms with Crippen LogP contribution >= 0.6 is 0 Å². The van der Waals surface area contributed by atoms with Gasteiger partial charge in [0.15, 0.2) is 11.5 Å². The number of nitrogens with one attached hydrogen (secondary N) is 2. The fourth-order valence-corrected chi connectivity index (χ4v) is 3.43. The fraction of sp³-hybridized carbons (Fsp3) is 0.182. The van der Waals surface area contributed by atoms with Gasteiger partial charge in [-0.3, -0.25) is 9.59 Å². The number of carbonyl (C=O) groups excluding carboxylic acids is 1. The number of H-pyrrole nitrogens is 1. The monoisotopic (exact) mass is 388 g/mol. The minimum absolute atomic E-state index is 0.104. The van der Waals surface area contributed by atoms with Gasteiger partial charge in [0.05, 0.1) is 5.39 Å². The van der Waals surface area contributed by atoms with Gasteiger partial charge in [0, 0.05) is 16.3 Å². The number of aryl methyl sites for hydroxylation is 2. The standard InChI is InChI=1S/C22H20N4O3/c1-4-14-17-11-12(2)9-10-18(17)29-20(14)13(3)23-26-22(28)19-15-7-5-6-8-16(15)21(27)25-24-19/h5-11H,4H2,1-3H3,(H,25,27)(H,26,28)/b23-13-. The maximum absolute atomic E-state index is 12.6. The molecule has 7 heteroatoms. The smallest absolute Gasteiger partial charge is 0.292 e. The lowest BCUT2D eigenvalue weighted by molar-refractivity contribution is 0.0950. The first-order chi connectivity index (χ1) is 14.0. The Morgan fingerprint density at radius 3 is 2.69 bits per heavy atom. The first kappa shape index (κ1) is 18.6. The molecular formula is C22H20N4O3. The number of furan rings is 1. The molecule has 0 radical (unpaired) electrons. The molecule has 0 aliphatic heterocycles. The Bertz CT molecular complexity index is 1330. The lowest BCUT2D eigenvalue weighted by atomic mass is 10.0. The van der Waals surface area contributed by atoms with Crippen LogP contribution in [0.3, 0.4) is 0 Å². The number of amides is 1. The van der Waals surface area contributed by atoms with Crippen LogP contribution in [-0.2, 0) is 6.42 Å². The number of fused-ring (bicyclic) bond motifs is 2. The predicted molar refractivity (Wildman–Crippen MR) is 112 cm³/mol. The number of aromatic nitrogens is 2. The molecule has 0 saturated heterocycles. The van der Waals surface area contributed by atoms with E-state index in [0.29, 0.717) is 22.2 Å². The van der Waals surface area contributed by atoms with Crippen LogP contribution in [0.2, 0.25) is 0 Å². The van der Waals surface area contributed by atoms with E-state index in [1.54, 1.807) is 31.2 Å². The van der Waals surface area contributed by atoms with E-state index in [0.717, 1.165) is 28.5 Å². The molecule has 0 bridgehead atoms. The SMILES string of the molecule is CCc1c(/C(C)=N\NC(=O)c2n[nH]c(=O)c3ccccc23)oc2ccc(C)cc12. The number of benzene rings is 2. The topological polar surface area (TPSA) is 100 Å². The van der Waals surface area contributed by atoms with Crippen molar-refractivity contribution in [1.82, 2.24) is 15.6 Å². The summed E-state index contributed by atoms with van der Waals surface area (Å²) in [5.74, 6) is 0.134. The van der Waals surface area contributed by atoms with Crippen LogP contribution in [0.15, 0.2) is 56.8 Å². The van der Waals surface area contributed by atoms with Crippen molar-refractivity contribution in [1.29, 1.82) is 0 Å². The van der Waals surface area contributed by atoms with Gasteiger partial charge in [-0.05, 0) is 38.5 Å². The molecule has 2 aromatic heterocycles. The number of hydrogen-bond acceptors (Lipinski definition) is 5. The normalized spacial score (nSPS) is 11.9. The van der Waals surface area contributed by atoms with Crippen molar-refractivity contribution in [2.45, 2.75) is 27.2 Å². The zero-order chi connectivity index (χ0) is 20.5. The Balaban J connectivity index is 1.68. The van der Waals surface area contributed by atoms with E-state index in [2.05, 4.69) is 33.7 Å². The Labute approximate surface area is 166 Å². The average Bonchev–Trinajstić information content (AvgIpc) is 3.10. The Hall–Kier alpha value is -3.74. The number of hydrazone groups is 1. The summed E-state index contributed by atoms with van der Waals surface area (Å²) in [6.45, 7) is 5.87. The Morgan fingerprint density at radius 2 is 1.93 bits per heavy atom. The summed E-state index contributed by atoms with van der Waals surface area (Å²) >= 11 is 0. The molecule has 0 saturated carbocycles. The van der Waals surface area contributed by atoms with Gasteiger partial charge in [-0.1, -0.05) is 36.8 Å². The second-order valence-corrected chi connectivity index (χ2v) is 6.85. The molecule has 0 aliphatic carbocycles. The van der Waals surface area contributed by atoms with E-state index in [-0.39, 0.29) is 11.3 Å². The molecule has 0 aliphatic rings. The molecule has 2 heterocycles. The van der Waals surface area contributed by atoms with Gasteiger partial charge in [-0.25, -0.2) is 10.5 Å². The van der Waals surface area contributed by atoms with Crippen molar-refractivity contribution in [2.24, 2.45) is 5.10 Å². The van der Waals surface area contributed by atoms with Crippen molar-refractivity contribution in [3.05, 3.63) is 75.4 Å². The quantitative estimate of drug-likeness (QED) is 0.411. The first-order valence-corrected chi connectivity index (χ1v) is 9.34. The van der Waals surface area contributed by atoms with Crippen LogP contribution in [0.4, 0.5) is 0 Å². The van der Waals surface area contributed by atoms with E-state index in [1.165, 1.54) is 0 Å². The second-order valence-electron chi connectivity index (χ2n) is 6.85. The van der Waals surface area contributed by atoms with Crippen molar-refractivity contribution >= 4 is 33.4 Å². The lowest BCUT2D eigenvalue weighted by Gasteiger charge is -2.04. The highest BCUT2D eigenvalue weighted by molar-refractivity contribution is 6.06. The van der Waals surface area contributed by atoms with Gasteiger partial charge in [-0.15, -0.1) is 0 Å². The second kappa shape index (κ2) is 7.35.